The molecule has 0 unspecified atom stereocenters. The smallest absolute Gasteiger partial charge is 0.344 e. The van der Waals surface area contributed by atoms with Crippen LogP contribution in [-0.4, -0.2) is 33.1 Å². The monoisotopic (exact) mass is 335 g/mol. The summed E-state index contributed by atoms with van der Waals surface area (Å²) in [4.78, 5) is 23.5. The lowest BCUT2D eigenvalue weighted by Crippen LogP contribution is -2.17. The van der Waals surface area contributed by atoms with E-state index in [2.05, 4.69) is 10.2 Å². The van der Waals surface area contributed by atoms with Crippen LogP contribution in [0.1, 0.15) is 25.8 Å². The molecule has 2 aromatic rings. The van der Waals surface area contributed by atoms with Crippen LogP contribution in [0, 0.1) is 0 Å². The Morgan fingerprint density at radius 3 is 2.70 bits per heavy atom. The Morgan fingerprint density at radius 1 is 1.35 bits per heavy atom. The third kappa shape index (κ3) is 3.95. The minimum atomic E-state index is -0.392. The molecule has 7 nitrogen and oxygen atoms in total. The van der Waals surface area contributed by atoms with Crippen LogP contribution in [-0.2, 0) is 4.79 Å². The van der Waals surface area contributed by atoms with E-state index in [0.717, 1.165) is 18.6 Å². The van der Waals surface area contributed by atoms with E-state index in [4.69, 9.17) is 9.47 Å². The minimum Gasteiger partial charge on any atom is -0.494 e. The summed E-state index contributed by atoms with van der Waals surface area (Å²) in [6.45, 7) is 2.49. The summed E-state index contributed by atoms with van der Waals surface area (Å²) in [6.07, 6.45) is 1.95. The number of nitrogens with one attached hydrogen (secondary N) is 1. The first kappa shape index (κ1) is 15.7. The highest BCUT2D eigenvalue weighted by Crippen LogP contribution is 2.36. The largest absolute Gasteiger partial charge is 0.494 e. The molecule has 0 amide bonds. The maximum atomic E-state index is 11.9. The number of thioether (sulfide) groups is 1. The molecule has 0 atom stereocenters. The van der Waals surface area contributed by atoms with Crippen LogP contribution in [0.3, 0.4) is 0 Å². The zero-order chi connectivity index (χ0) is 16.2. The average Bonchev–Trinajstić information content (AvgIpc) is 3.31. The Hall–Kier alpha value is -2.22. The molecule has 0 spiro atoms. The van der Waals surface area contributed by atoms with Gasteiger partial charge < -0.3 is 9.47 Å². The van der Waals surface area contributed by atoms with Gasteiger partial charge in [-0.05, 0) is 44.0 Å². The number of nitrogens with zero attached hydrogens (tertiary/aromatic N) is 2. The second-order valence-corrected chi connectivity index (χ2v) is 6.02. The lowest BCUT2D eigenvalue weighted by Gasteiger charge is -2.06. The minimum absolute atomic E-state index is 0.0875. The number of ether oxygens (including phenoxy) is 2. The molecule has 1 fully saturated rings. The van der Waals surface area contributed by atoms with Crippen LogP contribution < -0.4 is 15.2 Å². The standard InChI is InChI=1S/C15H17N3O4S/c1-2-21-11-5-7-12(8-6-11)22-13(19)9-23-15-17-16-14(20)18(15)10-3-4-10/h5-8,10H,2-4,9H2,1H3,(H,16,20). The van der Waals surface area contributed by atoms with E-state index in [9.17, 15) is 9.59 Å². The number of carbonyl (C=O) groups excluding carboxylic acids is 1. The van der Waals surface area contributed by atoms with Crippen molar-refractivity contribution in [3.8, 4) is 11.5 Å². The summed E-state index contributed by atoms with van der Waals surface area (Å²) in [7, 11) is 0. The van der Waals surface area contributed by atoms with Gasteiger partial charge in [-0.15, -0.1) is 5.10 Å². The highest BCUT2D eigenvalue weighted by Gasteiger charge is 2.28. The van der Waals surface area contributed by atoms with Crippen molar-refractivity contribution in [2.24, 2.45) is 0 Å². The van der Waals surface area contributed by atoms with E-state index in [1.54, 1.807) is 28.8 Å². The Kier molecular flexibility index (Phi) is 4.71. The molecule has 1 heterocycles. The van der Waals surface area contributed by atoms with Crippen molar-refractivity contribution in [3.05, 3.63) is 34.7 Å². The number of carbonyl (C=O) groups is 1. The third-order valence-corrected chi connectivity index (χ3v) is 4.20. The summed E-state index contributed by atoms with van der Waals surface area (Å²) < 4.78 is 12.2. The van der Waals surface area contributed by atoms with Crippen LogP contribution in [0.5, 0.6) is 11.5 Å². The number of benzene rings is 1. The first-order valence-electron chi connectivity index (χ1n) is 7.40. The highest BCUT2D eigenvalue weighted by atomic mass is 32.2. The molecule has 3 rings (SSSR count). The first-order valence-corrected chi connectivity index (χ1v) is 8.39. The maximum Gasteiger partial charge on any atom is 0.344 e. The first-order chi connectivity index (χ1) is 11.2. The van der Waals surface area contributed by atoms with Crippen molar-refractivity contribution in [1.29, 1.82) is 0 Å². The van der Waals surface area contributed by atoms with E-state index in [1.807, 2.05) is 6.92 Å². The number of H-pyrrole nitrogens is 1. The molecule has 1 aromatic heterocycles. The fourth-order valence-electron chi connectivity index (χ4n) is 2.10. The van der Waals surface area contributed by atoms with Crippen molar-refractivity contribution < 1.29 is 14.3 Å². The Morgan fingerprint density at radius 2 is 2.04 bits per heavy atom. The predicted molar refractivity (Wildman–Crippen MR) is 85.1 cm³/mol. The van der Waals surface area contributed by atoms with E-state index in [1.165, 1.54) is 11.8 Å². The second-order valence-electron chi connectivity index (χ2n) is 5.08. The molecule has 23 heavy (non-hydrogen) atoms. The molecular formula is C15H17N3O4S. The fraction of sp³-hybridized carbons (Fsp3) is 0.400. The number of rotatable bonds is 7. The fourth-order valence-corrected chi connectivity index (χ4v) is 2.89. The van der Waals surface area contributed by atoms with E-state index >= 15 is 0 Å². The number of esters is 1. The topological polar surface area (TPSA) is 86.2 Å². The molecule has 8 heteroatoms. The third-order valence-electron chi connectivity index (χ3n) is 3.27. The molecule has 0 bridgehead atoms. The van der Waals surface area contributed by atoms with Gasteiger partial charge in [0, 0.05) is 6.04 Å². The van der Waals surface area contributed by atoms with Gasteiger partial charge in [-0.3, -0.25) is 9.36 Å². The molecule has 0 radical (unpaired) electrons. The van der Waals surface area contributed by atoms with Gasteiger partial charge in [0.1, 0.15) is 11.5 Å². The number of aromatic nitrogens is 3. The van der Waals surface area contributed by atoms with Crippen molar-refractivity contribution in [2.45, 2.75) is 31.0 Å². The molecule has 122 valence electrons. The van der Waals surface area contributed by atoms with Gasteiger partial charge in [0.2, 0.25) is 0 Å². The molecule has 0 saturated heterocycles. The highest BCUT2D eigenvalue weighted by molar-refractivity contribution is 7.99. The van der Waals surface area contributed by atoms with Crippen LogP contribution in [0.15, 0.2) is 34.2 Å². The van der Waals surface area contributed by atoms with Crippen molar-refractivity contribution in [1.82, 2.24) is 14.8 Å². The van der Waals surface area contributed by atoms with Gasteiger partial charge in [0.05, 0.1) is 12.4 Å². The molecule has 1 aliphatic carbocycles. The van der Waals surface area contributed by atoms with Crippen molar-refractivity contribution in [2.75, 3.05) is 12.4 Å². The van der Waals surface area contributed by atoms with E-state index in [-0.39, 0.29) is 17.5 Å². The molecule has 0 aliphatic heterocycles. The molecule has 1 N–H and O–H groups in total. The van der Waals surface area contributed by atoms with Gasteiger partial charge in [0.25, 0.3) is 0 Å². The second kappa shape index (κ2) is 6.91. The normalized spacial score (nSPS) is 13.8. The van der Waals surface area contributed by atoms with Gasteiger partial charge in [-0.25, -0.2) is 9.89 Å². The Labute approximate surface area is 137 Å². The number of hydrogen-bond donors (Lipinski definition) is 1. The molecule has 1 aromatic carbocycles. The molecule has 1 aliphatic rings. The molecule has 1 saturated carbocycles. The van der Waals surface area contributed by atoms with Crippen molar-refractivity contribution in [3.63, 3.8) is 0 Å². The zero-order valence-corrected chi connectivity index (χ0v) is 13.5. The Balaban J connectivity index is 1.54. The number of hydrogen-bond acceptors (Lipinski definition) is 6. The summed E-state index contributed by atoms with van der Waals surface area (Å²) in [5.74, 6) is 0.883. The van der Waals surface area contributed by atoms with Gasteiger partial charge in [-0.2, -0.15) is 0 Å². The number of aromatic amines is 1. The SMILES string of the molecule is CCOc1ccc(OC(=O)CSc2n[nH]c(=O)n2C2CC2)cc1. The van der Waals surface area contributed by atoms with Crippen LogP contribution in [0.2, 0.25) is 0 Å². The van der Waals surface area contributed by atoms with Crippen LogP contribution >= 0.6 is 11.8 Å². The summed E-state index contributed by atoms with van der Waals surface area (Å²) in [5.41, 5.74) is -0.227. The summed E-state index contributed by atoms with van der Waals surface area (Å²) >= 11 is 1.20. The Bertz CT molecular complexity index is 734. The van der Waals surface area contributed by atoms with Crippen LogP contribution in [0.25, 0.3) is 0 Å². The van der Waals surface area contributed by atoms with Gasteiger partial charge >= 0.3 is 11.7 Å². The average molecular weight is 335 g/mol. The summed E-state index contributed by atoms with van der Waals surface area (Å²) in [5, 5.41) is 6.90. The van der Waals surface area contributed by atoms with Gasteiger partial charge in [-0.1, -0.05) is 11.8 Å². The van der Waals surface area contributed by atoms with E-state index in [0.29, 0.717) is 17.5 Å². The quantitative estimate of drug-likeness (QED) is 0.473. The van der Waals surface area contributed by atoms with Gasteiger partial charge in [0.15, 0.2) is 5.16 Å². The maximum absolute atomic E-state index is 11.9. The summed E-state index contributed by atoms with van der Waals surface area (Å²) in [6, 6.07) is 7.07. The predicted octanol–water partition coefficient (Wildman–Crippen LogP) is 2.00. The van der Waals surface area contributed by atoms with E-state index < -0.39 is 5.97 Å². The zero-order valence-electron chi connectivity index (χ0n) is 12.7. The van der Waals surface area contributed by atoms with Crippen molar-refractivity contribution >= 4 is 17.7 Å². The van der Waals surface area contributed by atoms with Crippen LogP contribution in [0.4, 0.5) is 0 Å². The molecular weight excluding hydrogens is 318 g/mol. The lowest BCUT2D eigenvalue weighted by molar-refractivity contribution is -0.131. The lowest BCUT2D eigenvalue weighted by atomic mass is 10.3.